The highest BCUT2D eigenvalue weighted by atomic mass is 19.1. The van der Waals surface area contributed by atoms with E-state index in [1.165, 1.54) is 6.20 Å². The number of ether oxygens (including phenoxy) is 1. The molecule has 5 rings (SSSR count). The summed E-state index contributed by atoms with van der Waals surface area (Å²) in [5.74, 6) is -1.94. The smallest absolute Gasteiger partial charge is 0.341 e. The predicted octanol–water partition coefficient (Wildman–Crippen LogP) is 3.52. The number of aromatic carboxylic acids is 1. The third-order valence-electron chi connectivity index (χ3n) is 6.85. The molecule has 1 fully saturated rings. The molecule has 1 aromatic carbocycles. The van der Waals surface area contributed by atoms with E-state index in [-0.39, 0.29) is 28.0 Å². The van der Waals surface area contributed by atoms with Crippen LogP contribution >= 0.6 is 0 Å². The van der Waals surface area contributed by atoms with Gasteiger partial charge in [0.05, 0.1) is 23.2 Å². The second-order valence-corrected chi connectivity index (χ2v) is 8.73. The van der Waals surface area contributed by atoms with Crippen molar-refractivity contribution < 1.29 is 19.0 Å². The van der Waals surface area contributed by atoms with Crippen molar-refractivity contribution in [3.8, 4) is 5.75 Å². The Morgan fingerprint density at radius 3 is 2.82 bits per heavy atom. The predicted molar refractivity (Wildman–Crippen MR) is 123 cm³/mol. The number of nitrogens with two attached hydrogens (primary N) is 1. The average molecular weight is 452 g/mol. The molecule has 0 saturated heterocycles. The molecule has 1 spiro atoms. The Kier molecular flexibility index (Phi) is 5.19. The quantitative estimate of drug-likeness (QED) is 0.387. The Bertz CT molecular complexity index is 1300. The van der Waals surface area contributed by atoms with Gasteiger partial charge in [0.15, 0.2) is 11.6 Å². The van der Waals surface area contributed by atoms with Crippen molar-refractivity contribution in [1.82, 2.24) is 9.55 Å². The first-order valence-electron chi connectivity index (χ1n) is 11.1. The number of carbonyl (C=O) groups is 1. The number of anilines is 2. The minimum Gasteiger partial charge on any atom is -0.489 e. The summed E-state index contributed by atoms with van der Waals surface area (Å²) in [5.41, 5.74) is 5.60. The molecule has 0 amide bonds. The van der Waals surface area contributed by atoms with Gasteiger partial charge in [0.1, 0.15) is 11.3 Å². The van der Waals surface area contributed by atoms with Crippen molar-refractivity contribution in [1.29, 1.82) is 0 Å². The van der Waals surface area contributed by atoms with E-state index in [0.717, 1.165) is 25.0 Å². The number of halogens is 1. The number of rotatable bonds is 6. The molecule has 3 heterocycles. The van der Waals surface area contributed by atoms with Crippen molar-refractivity contribution in [2.24, 2.45) is 0 Å². The number of nitrogens with one attached hydrogen (secondary N) is 1. The zero-order chi connectivity index (χ0) is 23.2. The number of benzene rings is 1. The summed E-state index contributed by atoms with van der Waals surface area (Å²) in [6.45, 7) is 0.775. The molecule has 2 aromatic heterocycles. The topological polar surface area (TPSA) is 119 Å². The minimum absolute atomic E-state index is 0.105. The van der Waals surface area contributed by atoms with Crippen LogP contribution in [0.5, 0.6) is 5.75 Å². The van der Waals surface area contributed by atoms with Gasteiger partial charge in [-0.05, 0) is 44.2 Å². The van der Waals surface area contributed by atoms with Crippen LogP contribution in [-0.4, -0.2) is 33.8 Å². The Balaban J connectivity index is 1.61. The number of nitrogens with zero attached hydrogens (tertiary/aromatic N) is 2. The third kappa shape index (κ3) is 3.39. The summed E-state index contributed by atoms with van der Waals surface area (Å²) >= 11 is 0. The highest BCUT2D eigenvalue weighted by molar-refractivity contribution is 6.03. The van der Waals surface area contributed by atoms with Gasteiger partial charge in [-0.25, -0.2) is 9.18 Å². The highest BCUT2D eigenvalue weighted by Crippen LogP contribution is 2.49. The van der Waals surface area contributed by atoms with E-state index >= 15 is 4.39 Å². The minimum atomic E-state index is -1.36. The third-order valence-corrected chi connectivity index (χ3v) is 6.85. The maximum atomic E-state index is 15.4. The molecular formula is C24H25FN4O4. The molecule has 1 aliphatic heterocycles. The van der Waals surface area contributed by atoms with E-state index < -0.39 is 22.8 Å². The van der Waals surface area contributed by atoms with Gasteiger partial charge < -0.3 is 25.5 Å². The lowest BCUT2D eigenvalue weighted by Crippen LogP contribution is -2.42. The largest absolute Gasteiger partial charge is 0.489 e. The van der Waals surface area contributed by atoms with Crippen LogP contribution < -0.4 is 21.2 Å². The summed E-state index contributed by atoms with van der Waals surface area (Å²) in [4.78, 5) is 29.1. The molecule has 1 saturated carbocycles. The van der Waals surface area contributed by atoms with E-state index in [0.29, 0.717) is 37.9 Å². The van der Waals surface area contributed by atoms with Crippen LogP contribution in [0.1, 0.15) is 48.2 Å². The number of nitrogen functional groups attached to an aromatic ring is 1. The number of aryl methyl sites for hydroxylation is 1. The molecule has 33 heavy (non-hydrogen) atoms. The molecular weight excluding hydrogens is 427 g/mol. The zero-order valence-electron chi connectivity index (χ0n) is 18.1. The summed E-state index contributed by atoms with van der Waals surface area (Å²) in [6, 6.07) is 5.70. The lowest BCUT2D eigenvalue weighted by Gasteiger charge is -2.44. The number of hydrogen-bond acceptors (Lipinski definition) is 6. The van der Waals surface area contributed by atoms with Gasteiger partial charge in [-0.15, -0.1) is 0 Å². The highest BCUT2D eigenvalue weighted by Gasteiger charge is 2.43. The van der Waals surface area contributed by atoms with Crippen molar-refractivity contribution in [3.05, 3.63) is 57.9 Å². The number of pyridine rings is 2. The summed E-state index contributed by atoms with van der Waals surface area (Å²) in [6.07, 6.45) is 7.81. The van der Waals surface area contributed by atoms with Gasteiger partial charge in [0.2, 0.25) is 5.43 Å². The average Bonchev–Trinajstić information content (AvgIpc) is 2.95. The van der Waals surface area contributed by atoms with Crippen molar-refractivity contribution in [2.75, 3.05) is 24.2 Å². The zero-order valence-corrected chi connectivity index (χ0v) is 18.1. The molecule has 0 radical (unpaired) electrons. The number of aromatic nitrogens is 2. The lowest BCUT2D eigenvalue weighted by molar-refractivity contribution is 0.0691. The fourth-order valence-electron chi connectivity index (χ4n) is 4.94. The molecule has 9 heteroatoms. The van der Waals surface area contributed by atoms with E-state index in [1.807, 2.05) is 22.8 Å². The summed E-state index contributed by atoms with van der Waals surface area (Å²) < 4.78 is 23.3. The number of fused-ring (bicyclic) bond motifs is 1. The normalized spacial score (nSPS) is 16.2. The molecule has 2 aliphatic rings. The Labute approximate surface area is 189 Å². The van der Waals surface area contributed by atoms with Crippen LogP contribution in [0.3, 0.4) is 0 Å². The molecule has 172 valence electrons. The molecule has 4 N–H and O–H groups in total. The van der Waals surface area contributed by atoms with Crippen molar-refractivity contribution >= 4 is 28.2 Å². The number of hydrogen-bond donors (Lipinski definition) is 3. The van der Waals surface area contributed by atoms with Crippen LogP contribution in [0.25, 0.3) is 10.9 Å². The second kappa shape index (κ2) is 8.06. The lowest BCUT2D eigenvalue weighted by atomic mass is 9.74. The number of carboxylic acids is 1. The molecule has 0 unspecified atom stereocenters. The van der Waals surface area contributed by atoms with Crippen LogP contribution in [0.15, 0.2) is 35.4 Å². The first-order chi connectivity index (χ1) is 15.9. The SMILES string of the molecule is Nc1c(F)c(NCCCc2ccccn2)c2c3c1c(=O)c(C(=O)O)cn3C1(CCC1)CCO2. The fourth-order valence-corrected chi connectivity index (χ4v) is 4.94. The van der Waals surface area contributed by atoms with Crippen molar-refractivity contribution in [3.63, 3.8) is 0 Å². The molecule has 3 aromatic rings. The van der Waals surface area contributed by atoms with Crippen molar-refractivity contribution in [2.45, 2.75) is 44.1 Å². The molecule has 1 aliphatic carbocycles. The maximum Gasteiger partial charge on any atom is 0.341 e. The van der Waals surface area contributed by atoms with Crippen LogP contribution in [0, 0.1) is 5.82 Å². The summed E-state index contributed by atoms with van der Waals surface area (Å²) in [5, 5.41) is 12.6. The van der Waals surface area contributed by atoms with E-state index in [2.05, 4.69) is 10.3 Å². The van der Waals surface area contributed by atoms with E-state index in [4.69, 9.17) is 10.5 Å². The van der Waals surface area contributed by atoms with Gasteiger partial charge in [0, 0.05) is 36.6 Å². The van der Waals surface area contributed by atoms with Gasteiger partial charge >= 0.3 is 5.97 Å². The van der Waals surface area contributed by atoms with Gasteiger partial charge in [-0.3, -0.25) is 9.78 Å². The van der Waals surface area contributed by atoms with E-state index in [9.17, 15) is 14.7 Å². The van der Waals surface area contributed by atoms with E-state index in [1.54, 1.807) is 6.20 Å². The van der Waals surface area contributed by atoms with Gasteiger partial charge in [-0.1, -0.05) is 6.07 Å². The Morgan fingerprint density at radius 1 is 1.33 bits per heavy atom. The molecule has 0 bridgehead atoms. The second-order valence-electron chi connectivity index (χ2n) is 8.73. The maximum absolute atomic E-state index is 15.4. The molecule has 0 atom stereocenters. The Morgan fingerprint density at radius 2 is 2.15 bits per heavy atom. The molecule has 8 nitrogen and oxygen atoms in total. The summed E-state index contributed by atoms with van der Waals surface area (Å²) in [7, 11) is 0. The standard InChI is InChI=1S/C24H25FN4O4/c25-17-18(26)16-20-22(19(17)28-11-3-6-14-5-1-2-10-27-14)33-12-9-24(7-4-8-24)29(20)13-15(21(16)30)23(31)32/h1-2,5,10,13,28H,3-4,6-9,11-12,26H2,(H,31,32). The Hall–Kier alpha value is -3.62. The monoisotopic (exact) mass is 452 g/mol. The van der Waals surface area contributed by atoms with Crippen LogP contribution in [-0.2, 0) is 12.0 Å². The van der Waals surface area contributed by atoms with Crippen LogP contribution in [0.2, 0.25) is 0 Å². The number of carboxylic acid groups (broad SMARTS) is 1. The fraction of sp³-hybridized carbons (Fsp3) is 0.375. The van der Waals surface area contributed by atoms with Gasteiger partial charge in [0.25, 0.3) is 0 Å². The van der Waals surface area contributed by atoms with Crippen LogP contribution in [0.4, 0.5) is 15.8 Å². The first kappa shape index (κ1) is 21.2. The van der Waals surface area contributed by atoms with Gasteiger partial charge in [-0.2, -0.15) is 0 Å². The first-order valence-corrected chi connectivity index (χ1v) is 11.1.